The third-order valence-electron chi connectivity index (χ3n) is 7.04. The van der Waals surface area contributed by atoms with E-state index in [1.165, 1.54) is 13.8 Å². The summed E-state index contributed by atoms with van der Waals surface area (Å²) in [6, 6.07) is 21.5. The lowest BCUT2D eigenvalue weighted by molar-refractivity contribution is -0.252. The highest BCUT2D eigenvalue weighted by Gasteiger charge is 2.32. The molecule has 3 aromatic rings. The Morgan fingerprint density at radius 2 is 1.76 bits per heavy atom. The summed E-state index contributed by atoms with van der Waals surface area (Å²) in [6.45, 7) is 4.71. The van der Waals surface area contributed by atoms with Gasteiger partial charge in [0.2, 0.25) is 0 Å². The zero-order valence-electron chi connectivity index (χ0n) is 23.9. The minimum absolute atomic E-state index is 0.00328. The number of carbonyl (C=O) groups excluding carboxylic acids is 2. The molecule has 0 aliphatic carbocycles. The number of nitrogens with one attached hydrogen (secondary N) is 1. The maximum absolute atomic E-state index is 12.2. The average molecular weight is 562 g/mol. The fraction of sp³-hybridized carbons (Fsp3) is 0.406. The molecule has 1 fully saturated rings. The van der Waals surface area contributed by atoms with Crippen LogP contribution in [0.5, 0.6) is 0 Å². The van der Waals surface area contributed by atoms with Crippen LogP contribution in [-0.4, -0.2) is 59.2 Å². The summed E-state index contributed by atoms with van der Waals surface area (Å²) in [5.41, 5.74) is 4.73. The second-order valence-electron chi connectivity index (χ2n) is 10.4. The molecule has 2 N–H and O–H groups in total. The SMILES string of the molecule is CC(=O)O[C@@H](C)C(=O)NCc1ccc([C@H]2O[C@@H](CN(C)CCc3ccccn3)C[C@@H](c3ccc(CO)cc3)O2)cc1. The molecule has 4 atom stereocenters. The van der Waals surface area contributed by atoms with E-state index in [1.54, 1.807) is 0 Å². The molecule has 9 nitrogen and oxygen atoms in total. The van der Waals surface area contributed by atoms with E-state index in [4.69, 9.17) is 14.2 Å². The van der Waals surface area contributed by atoms with Gasteiger partial charge in [-0.15, -0.1) is 0 Å². The lowest BCUT2D eigenvalue weighted by Gasteiger charge is -2.38. The number of carbonyl (C=O) groups is 2. The minimum Gasteiger partial charge on any atom is -0.453 e. The maximum atomic E-state index is 12.2. The Bertz CT molecular complexity index is 1250. The van der Waals surface area contributed by atoms with Gasteiger partial charge >= 0.3 is 5.97 Å². The molecule has 1 amide bonds. The highest BCUT2D eigenvalue weighted by molar-refractivity contribution is 5.82. The Hall–Kier alpha value is -3.63. The first-order valence-electron chi connectivity index (χ1n) is 13.9. The van der Waals surface area contributed by atoms with Gasteiger partial charge in [0.15, 0.2) is 12.4 Å². The molecule has 218 valence electrons. The molecule has 0 spiro atoms. The van der Waals surface area contributed by atoms with Crippen LogP contribution in [0.3, 0.4) is 0 Å². The van der Waals surface area contributed by atoms with Crippen LogP contribution in [0.1, 0.15) is 60.6 Å². The van der Waals surface area contributed by atoms with Gasteiger partial charge in [0.05, 0.1) is 18.8 Å². The minimum atomic E-state index is -0.849. The zero-order chi connectivity index (χ0) is 29.2. The number of hydrogen-bond donors (Lipinski definition) is 2. The summed E-state index contributed by atoms with van der Waals surface area (Å²) in [5, 5.41) is 12.2. The lowest BCUT2D eigenvalue weighted by Crippen LogP contribution is -2.38. The number of aliphatic hydroxyl groups is 1. The quantitative estimate of drug-likeness (QED) is 0.321. The predicted molar refractivity (Wildman–Crippen MR) is 153 cm³/mol. The van der Waals surface area contributed by atoms with Crippen LogP contribution < -0.4 is 5.32 Å². The molecule has 2 aromatic carbocycles. The molecule has 1 aliphatic rings. The molecular formula is C32H39N3O6. The average Bonchev–Trinajstić information content (AvgIpc) is 2.99. The van der Waals surface area contributed by atoms with Crippen molar-refractivity contribution in [2.24, 2.45) is 0 Å². The van der Waals surface area contributed by atoms with Gasteiger partial charge in [0.25, 0.3) is 5.91 Å². The summed E-state index contributed by atoms with van der Waals surface area (Å²) < 4.78 is 17.8. The van der Waals surface area contributed by atoms with E-state index in [2.05, 4.69) is 22.2 Å². The number of rotatable bonds is 12. The molecule has 1 saturated heterocycles. The summed E-state index contributed by atoms with van der Waals surface area (Å²) in [4.78, 5) is 30.0. The Morgan fingerprint density at radius 3 is 2.41 bits per heavy atom. The molecule has 4 rings (SSSR count). The first-order chi connectivity index (χ1) is 19.8. The van der Waals surface area contributed by atoms with E-state index in [1.807, 2.05) is 72.9 Å². The van der Waals surface area contributed by atoms with Gasteiger partial charge in [0, 0.05) is 56.9 Å². The summed E-state index contributed by atoms with van der Waals surface area (Å²) in [7, 11) is 2.09. The Kier molecular flexibility index (Phi) is 11.0. The standard InChI is InChI=1S/C32H39N3O6/c1-22(39-23(2)37)31(38)34-19-24-7-13-27(14-8-24)32-40-29(20-35(3)17-15-28-6-4-5-16-33-28)18-30(41-32)26-11-9-25(21-36)10-12-26/h4-14,16,22,29-30,32,36H,15,17-21H2,1-3H3,(H,34,38)/t22-,29+,30-,32-/m0/s1. The molecule has 2 heterocycles. The third kappa shape index (κ3) is 9.19. The first kappa shape index (κ1) is 30.3. The highest BCUT2D eigenvalue weighted by Crippen LogP contribution is 2.38. The molecule has 0 saturated carbocycles. The van der Waals surface area contributed by atoms with E-state index in [0.29, 0.717) is 13.0 Å². The topological polar surface area (TPSA) is 110 Å². The van der Waals surface area contributed by atoms with Crippen molar-refractivity contribution >= 4 is 11.9 Å². The van der Waals surface area contributed by atoms with Crippen LogP contribution in [-0.2, 0) is 43.4 Å². The lowest BCUT2D eigenvalue weighted by atomic mass is 9.99. The van der Waals surface area contributed by atoms with Crippen LogP contribution in [0.4, 0.5) is 0 Å². The van der Waals surface area contributed by atoms with Crippen molar-refractivity contribution < 1.29 is 28.9 Å². The van der Waals surface area contributed by atoms with Crippen molar-refractivity contribution in [1.82, 2.24) is 15.2 Å². The van der Waals surface area contributed by atoms with Gasteiger partial charge in [-0.25, -0.2) is 0 Å². The molecule has 1 aromatic heterocycles. The van der Waals surface area contributed by atoms with Crippen molar-refractivity contribution in [1.29, 1.82) is 0 Å². The van der Waals surface area contributed by atoms with E-state index < -0.39 is 18.4 Å². The summed E-state index contributed by atoms with van der Waals surface area (Å²) >= 11 is 0. The molecule has 9 heteroatoms. The number of esters is 1. The largest absolute Gasteiger partial charge is 0.453 e. The molecule has 0 bridgehead atoms. The van der Waals surface area contributed by atoms with Crippen molar-refractivity contribution in [3.63, 3.8) is 0 Å². The number of amides is 1. The monoisotopic (exact) mass is 561 g/mol. The Labute approximate surface area is 241 Å². The van der Waals surface area contributed by atoms with E-state index in [0.717, 1.165) is 47.5 Å². The number of aliphatic hydroxyl groups excluding tert-OH is 1. The number of hydrogen-bond acceptors (Lipinski definition) is 8. The second-order valence-corrected chi connectivity index (χ2v) is 10.4. The molecular weight excluding hydrogens is 522 g/mol. The smallest absolute Gasteiger partial charge is 0.303 e. The number of likely N-dealkylation sites (N-methyl/N-ethyl adjacent to an activating group) is 1. The molecule has 1 aliphatic heterocycles. The van der Waals surface area contributed by atoms with Crippen molar-refractivity contribution in [3.8, 4) is 0 Å². The normalized spacial score (nSPS) is 19.5. The number of nitrogens with zero attached hydrogens (tertiary/aromatic N) is 2. The first-order valence-corrected chi connectivity index (χ1v) is 13.9. The van der Waals surface area contributed by atoms with Crippen molar-refractivity contribution in [3.05, 3.63) is 101 Å². The van der Waals surface area contributed by atoms with Crippen LogP contribution in [0, 0.1) is 0 Å². The van der Waals surface area contributed by atoms with Gasteiger partial charge in [-0.3, -0.25) is 14.6 Å². The van der Waals surface area contributed by atoms with E-state index >= 15 is 0 Å². The Morgan fingerprint density at radius 1 is 1.05 bits per heavy atom. The number of benzene rings is 2. The predicted octanol–water partition coefficient (Wildman–Crippen LogP) is 3.86. The fourth-order valence-electron chi connectivity index (χ4n) is 4.75. The molecule has 41 heavy (non-hydrogen) atoms. The molecule has 0 unspecified atom stereocenters. The van der Waals surface area contributed by atoms with Gasteiger partial charge in [-0.1, -0.05) is 54.6 Å². The fourth-order valence-corrected chi connectivity index (χ4v) is 4.75. The number of aromatic nitrogens is 1. The second kappa shape index (κ2) is 14.8. The number of ether oxygens (including phenoxy) is 3. The number of pyridine rings is 1. The van der Waals surface area contributed by atoms with E-state index in [9.17, 15) is 14.7 Å². The Balaban J connectivity index is 1.41. The highest BCUT2D eigenvalue weighted by atomic mass is 16.7. The van der Waals surface area contributed by atoms with Crippen LogP contribution >= 0.6 is 0 Å². The molecule has 0 radical (unpaired) electrons. The van der Waals surface area contributed by atoms with Gasteiger partial charge < -0.3 is 29.5 Å². The van der Waals surface area contributed by atoms with Gasteiger partial charge in [0.1, 0.15) is 0 Å². The van der Waals surface area contributed by atoms with E-state index in [-0.39, 0.29) is 24.7 Å². The van der Waals surface area contributed by atoms with Crippen LogP contribution in [0.25, 0.3) is 0 Å². The maximum Gasteiger partial charge on any atom is 0.303 e. The van der Waals surface area contributed by atoms with Gasteiger partial charge in [-0.2, -0.15) is 0 Å². The van der Waals surface area contributed by atoms with Crippen LogP contribution in [0.15, 0.2) is 72.9 Å². The zero-order valence-corrected chi connectivity index (χ0v) is 23.9. The summed E-state index contributed by atoms with van der Waals surface area (Å²) in [5.74, 6) is -0.849. The summed E-state index contributed by atoms with van der Waals surface area (Å²) in [6.07, 6.45) is 1.73. The van der Waals surface area contributed by atoms with Crippen molar-refractivity contribution in [2.45, 2.75) is 64.4 Å². The third-order valence-corrected chi connectivity index (χ3v) is 7.04. The van der Waals surface area contributed by atoms with Gasteiger partial charge in [-0.05, 0) is 42.8 Å². The van der Waals surface area contributed by atoms with Crippen molar-refractivity contribution in [2.75, 3.05) is 20.1 Å². The van der Waals surface area contributed by atoms with Crippen LogP contribution in [0.2, 0.25) is 0 Å².